The second kappa shape index (κ2) is 5.28. The van der Waals surface area contributed by atoms with Crippen LogP contribution in [0.1, 0.15) is 53.9 Å². The molecule has 0 bridgehead atoms. The van der Waals surface area contributed by atoms with Gasteiger partial charge in [-0.15, -0.1) is 0 Å². The highest BCUT2D eigenvalue weighted by atomic mass is 16.6. The van der Waals surface area contributed by atoms with Crippen molar-refractivity contribution in [3.63, 3.8) is 0 Å². The summed E-state index contributed by atoms with van der Waals surface area (Å²) in [5, 5.41) is 0. The molecule has 0 aromatic heterocycles. The lowest BCUT2D eigenvalue weighted by Gasteiger charge is -2.42. The van der Waals surface area contributed by atoms with E-state index in [1.165, 1.54) is 6.42 Å². The third-order valence-corrected chi connectivity index (χ3v) is 3.24. The molecular weight excluding hydrogens is 214 g/mol. The Morgan fingerprint density at radius 1 is 1.35 bits per heavy atom. The van der Waals surface area contributed by atoms with Crippen molar-refractivity contribution in [2.24, 2.45) is 11.8 Å². The first-order valence-corrected chi connectivity index (χ1v) is 6.65. The smallest absolute Gasteiger partial charge is 0.410 e. The molecule has 0 aliphatic heterocycles. The quantitative estimate of drug-likeness (QED) is 0.754. The third kappa shape index (κ3) is 4.57. The minimum absolute atomic E-state index is 0.189. The Bertz CT molecular complexity index is 262. The van der Waals surface area contributed by atoms with Crippen LogP contribution in [0.3, 0.4) is 0 Å². The number of rotatable bonds is 3. The largest absolute Gasteiger partial charge is 0.444 e. The van der Waals surface area contributed by atoms with Crippen LogP contribution in [0.2, 0.25) is 0 Å². The van der Waals surface area contributed by atoms with Crippen LogP contribution in [0.25, 0.3) is 0 Å². The molecule has 0 radical (unpaired) electrons. The predicted molar refractivity (Wildman–Crippen MR) is 70.0 cm³/mol. The van der Waals surface area contributed by atoms with E-state index in [0.29, 0.717) is 6.04 Å². The minimum atomic E-state index is -0.396. The summed E-state index contributed by atoms with van der Waals surface area (Å²) in [6.45, 7) is 10.2. The maximum Gasteiger partial charge on any atom is 0.410 e. The van der Waals surface area contributed by atoms with Crippen LogP contribution in [-0.2, 0) is 4.74 Å². The van der Waals surface area contributed by atoms with Gasteiger partial charge in [-0.2, -0.15) is 0 Å². The van der Waals surface area contributed by atoms with E-state index in [2.05, 4.69) is 13.8 Å². The van der Waals surface area contributed by atoms with Gasteiger partial charge in [0.1, 0.15) is 5.60 Å². The molecule has 1 fully saturated rings. The van der Waals surface area contributed by atoms with Gasteiger partial charge in [0.15, 0.2) is 0 Å². The summed E-state index contributed by atoms with van der Waals surface area (Å²) in [7, 11) is 1.85. The molecule has 1 amide bonds. The summed E-state index contributed by atoms with van der Waals surface area (Å²) in [5.41, 5.74) is -0.396. The molecule has 0 aromatic carbocycles. The molecule has 0 spiro atoms. The van der Waals surface area contributed by atoms with E-state index < -0.39 is 5.60 Å². The molecule has 3 nitrogen and oxygen atoms in total. The molecule has 1 aliphatic rings. The zero-order chi connectivity index (χ0) is 13.2. The Labute approximate surface area is 106 Å². The summed E-state index contributed by atoms with van der Waals surface area (Å²) in [6, 6.07) is 0.383. The van der Waals surface area contributed by atoms with Crippen LogP contribution in [0.15, 0.2) is 0 Å². The average Bonchev–Trinajstić information content (AvgIpc) is 2.06. The summed E-state index contributed by atoms with van der Waals surface area (Å²) >= 11 is 0. The molecule has 0 N–H and O–H groups in total. The SMILES string of the molecule is CC(C)CC1CC(N(C)C(=O)OC(C)(C)C)C1. The van der Waals surface area contributed by atoms with E-state index in [-0.39, 0.29) is 6.09 Å². The first-order valence-electron chi connectivity index (χ1n) is 6.65. The monoisotopic (exact) mass is 241 g/mol. The van der Waals surface area contributed by atoms with Gasteiger partial charge >= 0.3 is 6.09 Å². The molecule has 1 saturated carbocycles. The highest BCUT2D eigenvalue weighted by Crippen LogP contribution is 2.36. The zero-order valence-corrected chi connectivity index (χ0v) is 12.1. The van der Waals surface area contributed by atoms with Gasteiger partial charge in [0, 0.05) is 13.1 Å². The first-order chi connectivity index (χ1) is 7.69. The molecule has 0 unspecified atom stereocenters. The highest BCUT2D eigenvalue weighted by molar-refractivity contribution is 5.68. The van der Waals surface area contributed by atoms with Crippen molar-refractivity contribution in [1.29, 1.82) is 0 Å². The molecule has 0 heterocycles. The number of carbonyl (C=O) groups excluding carboxylic acids is 1. The average molecular weight is 241 g/mol. The minimum Gasteiger partial charge on any atom is -0.444 e. The van der Waals surface area contributed by atoms with Gasteiger partial charge in [0.25, 0.3) is 0 Å². The number of nitrogens with zero attached hydrogens (tertiary/aromatic N) is 1. The van der Waals surface area contributed by atoms with Crippen LogP contribution < -0.4 is 0 Å². The van der Waals surface area contributed by atoms with Crippen molar-refractivity contribution in [2.75, 3.05) is 7.05 Å². The van der Waals surface area contributed by atoms with Crippen LogP contribution in [0.5, 0.6) is 0 Å². The Morgan fingerprint density at radius 2 is 1.88 bits per heavy atom. The van der Waals surface area contributed by atoms with Crippen LogP contribution in [-0.4, -0.2) is 29.7 Å². The van der Waals surface area contributed by atoms with Crippen LogP contribution in [0.4, 0.5) is 4.79 Å². The van der Waals surface area contributed by atoms with Gasteiger partial charge < -0.3 is 9.64 Å². The molecule has 0 aromatic rings. The Kier molecular flexibility index (Phi) is 4.45. The van der Waals surface area contributed by atoms with E-state index in [0.717, 1.165) is 24.7 Å². The van der Waals surface area contributed by atoms with Gasteiger partial charge in [0.2, 0.25) is 0 Å². The maximum absolute atomic E-state index is 11.8. The van der Waals surface area contributed by atoms with Crippen LogP contribution >= 0.6 is 0 Å². The number of ether oxygens (including phenoxy) is 1. The number of carbonyl (C=O) groups is 1. The lowest BCUT2D eigenvalue weighted by Crippen LogP contribution is -2.47. The molecule has 0 atom stereocenters. The van der Waals surface area contributed by atoms with E-state index >= 15 is 0 Å². The Balaban J connectivity index is 2.31. The summed E-state index contributed by atoms with van der Waals surface area (Å²) < 4.78 is 5.36. The van der Waals surface area contributed by atoms with Crippen molar-refractivity contribution in [1.82, 2.24) is 4.90 Å². The van der Waals surface area contributed by atoms with Gasteiger partial charge in [-0.3, -0.25) is 0 Å². The van der Waals surface area contributed by atoms with E-state index in [1.807, 2.05) is 27.8 Å². The van der Waals surface area contributed by atoms with Crippen molar-refractivity contribution >= 4 is 6.09 Å². The molecule has 100 valence electrons. The van der Waals surface area contributed by atoms with Gasteiger partial charge in [-0.05, 0) is 51.9 Å². The highest BCUT2D eigenvalue weighted by Gasteiger charge is 2.35. The van der Waals surface area contributed by atoms with Crippen molar-refractivity contribution < 1.29 is 9.53 Å². The van der Waals surface area contributed by atoms with Crippen molar-refractivity contribution in [3.05, 3.63) is 0 Å². The first kappa shape index (κ1) is 14.3. The van der Waals surface area contributed by atoms with Crippen molar-refractivity contribution in [2.45, 2.75) is 65.5 Å². The fourth-order valence-electron chi connectivity index (χ4n) is 2.36. The van der Waals surface area contributed by atoms with Gasteiger partial charge in [-0.1, -0.05) is 13.8 Å². The van der Waals surface area contributed by atoms with Crippen molar-refractivity contribution in [3.8, 4) is 0 Å². The zero-order valence-electron chi connectivity index (χ0n) is 12.1. The predicted octanol–water partition coefficient (Wildman–Crippen LogP) is 3.68. The van der Waals surface area contributed by atoms with Crippen LogP contribution in [0, 0.1) is 11.8 Å². The van der Waals surface area contributed by atoms with E-state index in [9.17, 15) is 4.79 Å². The molecule has 0 saturated heterocycles. The third-order valence-electron chi connectivity index (χ3n) is 3.24. The lowest BCUT2D eigenvalue weighted by atomic mass is 9.75. The fourth-order valence-corrected chi connectivity index (χ4v) is 2.36. The molecular formula is C14H27NO2. The van der Waals surface area contributed by atoms with E-state index in [1.54, 1.807) is 4.90 Å². The molecule has 1 rings (SSSR count). The standard InChI is InChI=1S/C14H27NO2/c1-10(2)7-11-8-12(9-11)15(6)13(16)17-14(3,4)5/h10-12H,7-9H2,1-6H3. The van der Waals surface area contributed by atoms with Gasteiger partial charge in [0.05, 0.1) is 0 Å². The maximum atomic E-state index is 11.8. The number of hydrogen-bond donors (Lipinski definition) is 0. The summed E-state index contributed by atoms with van der Waals surface area (Å²) in [6.07, 6.45) is 3.35. The van der Waals surface area contributed by atoms with Gasteiger partial charge in [-0.25, -0.2) is 4.79 Å². The Hall–Kier alpha value is -0.730. The topological polar surface area (TPSA) is 29.5 Å². The fraction of sp³-hybridized carbons (Fsp3) is 0.929. The van der Waals surface area contributed by atoms with E-state index in [4.69, 9.17) is 4.74 Å². The molecule has 17 heavy (non-hydrogen) atoms. The molecule has 3 heteroatoms. The summed E-state index contributed by atoms with van der Waals surface area (Å²) in [4.78, 5) is 13.6. The second-order valence-electron chi connectivity index (χ2n) is 6.71. The summed E-state index contributed by atoms with van der Waals surface area (Å²) in [5.74, 6) is 1.55. The Morgan fingerprint density at radius 3 is 2.29 bits per heavy atom. The number of hydrogen-bond acceptors (Lipinski definition) is 2. The molecule has 1 aliphatic carbocycles. The lowest BCUT2D eigenvalue weighted by molar-refractivity contribution is 0.00483. The second-order valence-corrected chi connectivity index (χ2v) is 6.71. The number of amides is 1. The normalized spacial score (nSPS) is 24.4.